The lowest BCUT2D eigenvalue weighted by Gasteiger charge is -2.41. The summed E-state index contributed by atoms with van der Waals surface area (Å²) in [5, 5.41) is 9.57. The average molecular weight is 287 g/mol. The van der Waals surface area contributed by atoms with Crippen LogP contribution < -0.4 is 0 Å². The fourth-order valence-electron chi connectivity index (χ4n) is 4.07. The molecule has 1 aromatic carbocycles. The standard InChI is InChI=1S/C18H25NO2/c1-13(14-7-3-2-4-8-14)19-11-15-9-5-6-10-16(15)17(12-19)18(20)21/h5-6,9-10,13-14,17H,2-4,7-8,11-12H2,1H3,(H,20,21). The van der Waals surface area contributed by atoms with E-state index in [0.717, 1.165) is 18.0 Å². The molecular weight excluding hydrogens is 262 g/mol. The lowest BCUT2D eigenvalue weighted by molar-refractivity contribution is -0.140. The van der Waals surface area contributed by atoms with E-state index >= 15 is 0 Å². The highest BCUT2D eigenvalue weighted by molar-refractivity contribution is 5.77. The number of fused-ring (bicyclic) bond motifs is 1. The number of aliphatic carboxylic acids is 1. The van der Waals surface area contributed by atoms with Gasteiger partial charge in [-0.2, -0.15) is 0 Å². The third kappa shape index (κ3) is 2.98. The van der Waals surface area contributed by atoms with Gasteiger partial charge < -0.3 is 5.11 Å². The van der Waals surface area contributed by atoms with Gasteiger partial charge in [-0.1, -0.05) is 43.5 Å². The van der Waals surface area contributed by atoms with E-state index in [-0.39, 0.29) is 5.92 Å². The Morgan fingerprint density at radius 2 is 1.95 bits per heavy atom. The summed E-state index contributed by atoms with van der Waals surface area (Å²) in [6.07, 6.45) is 6.64. The van der Waals surface area contributed by atoms with Crippen molar-refractivity contribution in [2.75, 3.05) is 6.54 Å². The van der Waals surface area contributed by atoms with Crippen molar-refractivity contribution < 1.29 is 9.90 Å². The maximum absolute atomic E-state index is 11.6. The van der Waals surface area contributed by atoms with E-state index in [1.165, 1.54) is 37.7 Å². The topological polar surface area (TPSA) is 40.5 Å². The highest BCUT2D eigenvalue weighted by Gasteiger charge is 2.34. The third-order valence-electron chi connectivity index (χ3n) is 5.43. The van der Waals surface area contributed by atoms with E-state index in [1.54, 1.807) is 0 Å². The van der Waals surface area contributed by atoms with E-state index in [1.807, 2.05) is 18.2 Å². The fraction of sp³-hybridized carbons (Fsp3) is 0.611. The molecule has 0 saturated heterocycles. The van der Waals surface area contributed by atoms with Crippen molar-refractivity contribution in [3.05, 3.63) is 35.4 Å². The van der Waals surface area contributed by atoms with Crippen LogP contribution in [0.5, 0.6) is 0 Å². The van der Waals surface area contributed by atoms with Crippen molar-refractivity contribution in [2.45, 2.75) is 57.5 Å². The number of hydrogen-bond donors (Lipinski definition) is 1. The SMILES string of the molecule is CC(C1CCCCC1)N1Cc2ccccc2C(C(=O)O)C1. The molecule has 3 nitrogen and oxygen atoms in total. The maximum atomic E-state index is 11.6. The Labute approximate surface area is 127 Å². The van der Waals surface area contributed by atoms with Gasteiger partial charge in [-0.05, 0) is 36.8 Å². The van der Waals surface area contributed by atoms with Crippen molar-refractivity contribution in [1.29, 1.82) is 0 Å². The summed E-state index contributed by atoms with van der Waals surface area (Å²) in [6.45, 7) is 3.85. The van der Waals surface area contributed by atoms with Crippen LogP contribution in [-0.4, -0.2) is 28.6 Å². The van der Waals surface area contributed by atoms with Gasteiger partial charge in [0.25, 0.3) is 0 Å². The molecule has 1 aromatic rings. The monoisotopic (exact) mass is 287 g/mol. The molecule has 0 spiro atoms. The zero-order valence-corrected chi connectivity index (χ0v) is 12.8. The maximum Gasteiger partial charge on any atom is 0.312 e. The second-order valence-electron chi connectivity index (χ2n) is 6.66. The molecule has 1 aliphatic carbocycles. The van der Waals surface area contributed by atoms with Gasteiger partial charge in [0.05, 0.1) is 5.92 Å². The molecule has 2 aliphatic rings. The van der Waals surface area contributed by atoms with Gasteiger partial charge in [-0.3, -0.25) is 9.69 Å². The second kappa shape index (κ2) is 6.18. The first-order valence-corrected chi connectivity index (χ1v) is 8.21. The number of rotatable bonds is 3. The average Bonchev–Trinajstić information content (AvgIpc) is 2.53. The van der Waals surface area contributed by atoms with Crippen LogP contribution >= 0.6 is 0 Å². The summed E-state index contributed by atoms with van der Waals surface area (Å²) in [4.78, 5) is 14.0. The van der Waals surface area contributed by atoms with Crippen LogP contribution in [-0.2, 0) is 11.3 Å². The number of benzene rings is 1. The van der Waals surface area contributed by atoms with Crippen LogP contribution in [0, 0.1) is 5.92 Å². The number of nitrogens with zero attached hydrogens (tertiary/aromatic N) is 1. The van der Waals surface area contributed by atoms with Crippen molar-refractivity contribution in [3.8, 4) is 0 Å². The van der Waals surface area contributed by atoms with Crippen LogP contribution in [0.2, 0.25) is 0 Å². The molecule has 3 heteroatoms. The Morgan fingerprint density at radius 1 is 1.24 bits per heavy atom. The second-order valence-corrected chi connectivity index (χ2v) is 6.66. The van der Waals surface area contributed by atoms with Crippen LogP contribution in [0.15, 0.2) is 24.3 Å². The molecule has 1 fully saturated rings. The summed E-state index contributed by atoms with van der Waals surface area (Å²) in [7, 11) is 0. The summed E-state index contributed by atoms with van der Waals surface area (Å²) in [5.41, 5.74) is 2.20. The van der Waals surface area contributed by atoms with E-state index in [0.29, 0.717) is 12.6 Å². The normalized spacial score (nSPS) is 25.3. The first-order chi connectivity index (χ1) is 10.2. The number of carbonyl (C=O) groups is 1. The molecule has 0 aromatic heterocycles. The van der Waals surface area contributed by atoms with Gasteiger partial charge in [0.1, 0.15) is 0 Å². The predicted molar refractivity (Wildman–Crippen MR) is 83.3 cm³/mol. The van der Waals surface area contributed by atoms with E-state index in [9.17, 15) is 9.90 Å². The van der Waals surface area contributed by atoms with Crippen LogP contribution in [0.4, 0.5) is 0 Å². The van der Waals surface area contributed by atoms with Gasteiger partial charge in [0, 0.05) is 19.1 Å². The van der Waals surface area contributed by atoms with Gasteiger partial charge in [-0.25, -0.2) is 0 Å². The van der Waals surface area contributed by atoms with Crippen molar-refractivity contribution >= 4 is 5.97 Å². The van der Waals surface area contributed by atoms with E-state index in [4.69, 9.17) is 0 Å². The summed E-state index contributed by atoms with van der Waals surface area (Å²) >= 11 is 0. The molecule has 1 aliphatic heterocycles. The van der Waals surface area contributed by atoms with Gasteiger partial charge in [0.2, 0.25) is 0 Å². The minimum atomic E-state index is -0.692. The van der Waals surface area contributed by atoms with Crippen LogP contribution in [0.25, 0.3) is 0 Å². The smallest absolute Gasteiger partial charge is 0.312 e. The fourth-order valence-corrected chi connectivity index (χ4v) is 4.07. The van der Waals surface area contributed by atoms with Gasteiger partial charge in [-0.15, -0.1) is 0 Å². The summed E-state index contributed by atoms with van der Waals surface area (Å²) in [6, 6.07) is 8.53. The Kier molecular flexibility index (Phi) is 4.29. The Morgan fingerprint density at radius 3 is 2.67 bits per heavy atom. The quantitative estimate of drug-likeness (QED) is 0.922. The molecule has 1 heterocycles. The third-order valence-corrected chi connectivity index (χ3v) is 5.43. The largest absolute Gasteiger partial charge is 0.481 e. The highest BCUT2D eigenvalue weighted by atomic mass is 16.4. The zero-order valence-electron chi connectivity index (χ0n) is 12.8. The highest BCUT2D eigenvalue weighted by Crippen LogP contribution is 2.34. The summed E-state index contributed by atoms with van der Waals surface area (Å²) in [5.74, 6) is -0.331. The lowest BCUT2D eigenvalue weighted by Crippen LogP contribution is -2.45. The number of carboxylic acid groups (broad SMARTS) is 1. The minimum absolute atomic E-state index is 0.374. The van der Waals surface area contributed by atoms with Crippen molar-refractivity contribution in [2.24, 2.45) is 5.92 Å². The van der Waals surface area contributed by atoms with Gasteiger partial charge >= 0.3 is 5.97 Å². The van der Waals surface area contributed by atoms with E-state index in [2.05, 4.69) is 17.9 Å². The first kappa shape index (κ1) is 14.6. The molecule has 1 N–H and O–H groups in total. The molecule has 0 bridgehead atoms. The first-order valence-electron chi connectivity index (χ1n) is 8.21. The molecule has 0 amide bonds. The molecule has 2 atom stereocenters. The number of carboxylic acids is 1. The minimum Gasteiger partial charge on any atom is -0.481 e. The molecule has 2 unspecified atom stereocenters. The Hall–Kier alpha value is -1.35. The molecule has 114 valence electrons. The van der Waals surface area contributed by atoms with Crippen molar-refractivity contribution in [1.82, 2.24) is 4.90 Å². The lowest BCUT2D eigenvalue weighted by atomic mass is 9.82. The van der Waals surface area contributed by atoms with Crippen LogP contribution in [0.3, 0.4) is 0 Å². The van der Waals surface area contributed by atoms with Crippen molar-refractivity contribution in [3.63, 3.8) is 0 Å². The Balaban J connectivity index is 1.80. The summed E-state index contributed by atoms with van der Waals surface area (Å²) < 4.78 is 0. The van der Waals surface area contributed by atoms with Gasteiger partial charge in [0.15, 0.2) is 0 Å². The van der Waals surface area contributed by atoms with E-state index < -0.39 is 5.97 Å². The molecule has 1 saturated carbocycles. The Bertz CT molecular complexity index is 508. The molecule has 3 rings (SSSR count). The predicted octanol–water partition coefficient (Wildman–Crippen LogP) is 3.64. The molecule has 21 heavy (non-hydrogen) atoms. The van der Waals surface area contributed by atoms with Crippen LogP contribution in [0.1, 0.15) is 56.1 Å². The zero-order chi connectivity index (χ0) is 14.8. The molecule has 0 radical (unpaired) electrons. The molecular formula is C18H25NO2. The number of hydrogen-bond acceptors (Lipinski definition) is 2.